The van der Waals surface area contributed by atoms with Crippen molar-refractivity contribution in [2.45, 2.75) is 19.8 Å². The lowest BCUT2D eigenvalue weighted by atomic mass is 10.1. The monoisotopic (exact) mass is 462 g/mol. The van der Waals surface area contributed by atoms with Gasteiger partial charge in [-0.25, -0.2) is 4.98 Å². The molecule has 1 aromatic heterocycles. The van der Waals surface area contributed by atoms with Crippen molar-refractivity contribution in [1.29, 1.82) is 0 Å². The fourth-order valence-electron chi connectivity index (χ4n) is 2.30. The third-order valence-corrected chi connectivity index (χ3v) is 4.84. The van der Waals surface area contributed by atoms with Crippen molar-refractivity contribution in [2.75, 3.05) is 5.32 Å². The average molecular weight is 464 g/mol. The van der Waals surface area contributed by atoms with Crippen LogP contribution in [-0.2, 0) is 11.2 Å². The van der Waals surface area contributed by atoms with Crippen LogP contribution < -0.4 is 5.32 Å². The van der Waals surface area contributed by atoms with Gasteiger partial charge in [-0.1, -0.05) is 45.8 Å². The Kier molecular flexibility index (Phi) is 5.71. The molecule has 128 valence electrons. The molecule has 0 fully saturated rings. The lowest BCUT2D eigenvalue weighted by molar-refractivity contribution is -0.116. The van der Waals surface area contributed by atoms with Crippen molar-refractivity contribution in [1.82, 2.24) is 4.98 Å². The molecular formula is C19H16Br2N2O2. The van der Waals surface area contributed by atoms with Crippen LogP contribution in [0.15, 0.2) is 62.0 Å². The molecule has 0 radical (unpaired) electrons. The highest BCUT2D eigenvalue weighted by molar-refractivity contribution is 9.11. The summed E-state index contributed by atoms with van der Waals surface area (Å²) in [6.07, 6.45) is 2.44. The predicted molar refractivity (Wildman–Crippen MR) is 105 cm³/mol. The number of anilines is 1. The van der Waals surface area contributed by atoms with Gasteiger partial charge in [0.05, 0.1) is 11.9 Å². The van der Waals surface area contributed by atoms with E-state index in [1.165, 1.54) is 5.56 Å². The molecule has 0 saturated carbocycles. The zero-order valence-electron chi connectivity index (χ0n) is 13.6. The van der Waals surface area contributed by atoms with Crippen molar-refractivity contribution < 1.29 is 9.21 Å². The third-order valence-electron chi connectivity index (χ3n) is 3.66. The number of nitrogens with zero attached hydrogens (tertiary/aromatic N) is 1. The predicted octanol–water partition coefficient (Wildman–Crippen LogP) is 5.75. The van der Waals surface area contributed by atoms with Crippen LogP contribution in [-0.4, -0.2) is 10.9 Å². The first-order valence-corrected chi connectivity index (χ1v) is 9.36. The van der Waals surface area contributed by atoms with Gasteiger partial charge in [0, 0.05) is 27.4 Å². The Balaban J connectivity index is 1.59. The number of hydrogen-bond acceptors (Lipinski definition) is 3. The van der Waals surface area contributed by atoms with E-state index >= 15 is 0 Å². The molecule has 0 saturated heterocycles. The van der Waals surface area contributed by atoms with E-state index in [0.29, 0.717) is 24.5 Å². The first-order chi connectivity index (χ1) is 12.0. The molecule has 1 amide bonds. The zero-order valence-corrected chi connectivity index (χ0v) is 16.7. The molecule has 0 aliphatic heterocycles. The summed E-state index contributed by atoms with van der Waals surface area (Å²) in [6.45, 7) is 2.04. The van der Waals surface area contributed by atoms with Crippen molar-refractivity contribution in [3.8, 4) is 11.3 Å². The van der Waals surface area contributed by atoms with E-state index in [4.69, 9.17) is 4.42 Å². The molecule has 0 atom stereocenters. The molecule has 4 nitrogen and oxygen atoms in total. The Morgan fingerprint density at radius 1 is 1.16 bits per heavy atom. The Labute approximate surface area is 162 Å². The summed E-state index contributed by atoms with van der Waals surface area (Å²) in [6, 6.07) is 13.7. The Morgan fingerprint density at radius 2 is 1.92 bits per heavy atom. The van der Waals surface area contributed by atoms with Gasteiger partial charge in [-0.15, -0.1) is 0 Å². The van der Waals surface area contributed by atoms with E-state index in [-0.39, 0.29) is 5.91 Å². The second-order valence-corrected chi connectivity index (χ2v) is 7.43. The Morgan fingerprint density at radius 3 is 2.68 bits per heavy atom. The van der Waals surface area contributed by atoms with Crippen LogP contribution in [0.5, 0.6) is 0 Å². The molecule has 2 aromatic carbocycles. The number of oxazole rings is 1. The quantitative estimate of drug-likeness (QED) is 0.524. The molecule has 0 spiro atoms. The van der Waals surface area contributed by atoms with Crippen LogP contribution in [0.4, 0.5) is 5.69 Å². The first kappa shape index (κ1) is 17.9. The standard InChI is InChI=1S/C19H16Br2N2O2/c1-12-2-4-13(5-3-12)17-11-22-19(25-17)9-8-18(24)23-16-10-14(20)6-7-15(16)21/h2-7,10-11H,8-9H2,1H3,(H,23,24). The summed E-state index contributed by atoms with van der Waals surface area (Å²) in [5, 5.41) is 2.88. The number of carbonyl (C=O) groups is 1. The van der Waals surface area contributed by atoms with Crippen LogP contribution in [0.3, 0.4) is 0 Å². The molecule has 0 unspecified atom stereocenters. The normalized spacial score (nSPS) is 10.7. The fourth-order valence-corrected chi connectivity index (χ4v) is 3.01. The minimum Gasteiger partial charge on any atom is -0.441 e. The summed E-state index contributed by atoms with van der Waals surface area (Å²) in [7, 11) is 0. The van der Waals surface area contributed by atoms with Crippen LogP contribution in [0, 0.1) is 6.92 Å². The molecule has 1 heterocycles. The molecule has 3 rings (SSSR count). The van der Waals surface area contributed by atoms with Crippen molar-refractivity contribution >= 4 is 43.5 Å². The second kappa shape index (κ2) is 7.97. The lowest BCUT2D eigenvalue weighted by Crippen LogP contribution is -2.12. The smallest absolute Gasteiger partial charge is 0.224 e. The highest BCUT2D eigenvalue weighted by Gasteiger charge is 2.10. The highest BCUT2D eigenvalue weighted by Crippen LogP contribution is 2.26. The van der Waals surface area contributed by atoms with Crippen LogP contribution in [0.1, 0.15) is 17.9 Å². The van der Waals surface area contributed by atoms with Crippen LogP contribution in [0.2, 0.25) is 0 Å². The average Bonchev–Trinajstić information content (AvgIpc) is 3.06. The number of amides is 1. The van der Waals surface area contributed by atoms with E-state index in [0.717, 1.165) is 20.2 Å². The Bertz CT molecular complexity index is 889. The first-order valence-electron chi connectivity index (χ1n) is 7.78. The number of halogens is 2. The fraction of sp³-hybridized carbons (Fsp3) is 0.158. The lowest BCUT2D eigenvalue weighted by Gasteiger charge is -2.07. The molecule has 1 N–H and O–H groups in total. The van der Waals surface area contributed by atoms with E-state index in [9.17, 15) is 4.79 Å². The largest absolute Gasteiger partial charge is 0.441 e. The summed E-state index contributed by atoms with van der Waals surface area (Å²) in [5.41, 5.74) is 2.90. The number of aryl methyl sites for hydroxylation is 2. The van der Waals surface area contributed by atoms with E-state index in [1.807, 2.05) is 49.4 Å². The van der Waals surface area contributed by atoms with Gasteiger partial charge in [-0.2, -0.15) is 0 Å². The second-order valence-electron chi connectivity index (χ2n) is 5.66. The van der Waals surface area contributed by atoms with Gasteiger partial charge in [0.25, 0.3) is 0 Å². The number of benzene rings is 2. The van der Waals surface area contributed by atoms with Crippen LogP contribution in [0.25, 0.3) is 11.3 Å². The SMILES string of the molecule is Cc1ccc(-c2cnc(CCC(=O)Nc3cc(Br)ccc3Br)o2)cc1. The number of rotatable bonds is 5. The van der Waals surface area contributed by atoms with Crippen molar-refractivity contribution in [2.24, 2.45) is 0 Å². The van der Waals surface area contributed by atoms with Crippen LogP contribution >= 0.6 is 31.9 Å². The summed E-state index contributed by atoms with van der Waals surface area (Å²) >= 11 is 6.82. The van der Waals surface area contributed by atoms with Gasteiger partial charge in [-0.3, -0.25) is 4.79 Å². The van der Waals surface area contributed by atoms with Gasteiger partial charge in [-0.05, 0) is 41.1 Å². The summed E-state index contributed by atoms with van der Waals surface area (Å²) < 4.78 is 7.48. The molecule has 0 aliphatic carbocycles. The molecule has 0 aliphatic rings. The van der Waals surface area contributed by atoms with Gasteiger partial charge in [0.2, 0.25) is 5.91 Å². The Hall–Kier alpha value is -1.92. The maximum atomic E-state index is 12.1. The number of nitrogens with one attached hydrogen (secondary N) is 1. The van der Waals surface area contributed by atoms with Gasteiger partial charge < -0.3 is 9.73 Å². The third kappa shape index (κ3) is 4.80. The molecule has 3 aromatic rings. The molecular weight excluding hydrogens is 448 g/mol. The van der Waals surface area contributed by atoms with E-state index in [1.54, 1.807) is 6.20 Å². The minimum atomic E-state index is -0.0890. The number of carbonyl (C=O) groups excluding carboxylic acids is 1. The topological polar surface area (TPSA) is 55.1 Å². The molecule has 0 bridgehead atoms. The van der Waals surface area contributed by atoms with Crippen molar-refractivity contribution in [3.63, 3.8) is 0 Å². The van der Waals surface area contributed by atoms with E-state index < -0.39 is 0 Å². The van der Waals surface area contributed by atoms with Crippen molar-refractivity contribution in [3.05, 3.63) is 69.1 Å². The minimum absolute atomic E-state index is 0.0890. The highest BCUT2D eigenvalue weighted by atomic mass is 79.9. The number of aromatic nitrogens is 1. The van der Waals surface area contributed by atoms with E-state index in [2.05, 4.69) is 42.2 Å². The van der Waals surface area contributed by atoms with Gasteiger partial charge >= 0.3 is 0 Å². The zero-order chi connectivity index (χ0) is 17.8. The van der Waals surface area contributed by atoms with Gasteiger partial charge in [0.1, 0.15) is 0 Å². The number of hydrogen-bond donors (Lipinski definition) is 1. The molecule has 6 heteroatoms. The maximum Gasteiger partial charge on any atom is 0.224 e. The summed E-state index contributed by atoms with van der Waals surface area (Å²) in [5.74, 6) is 1.18. The van der Waals surface area contributed by atoms with Gasteiger partial charge in [0.15, 0.2) is 11.7 Å². The summed E-state index contributed by atoms with van der Waals surface area (Å²) in [4.78, 5) is 16.4. The maximum absolute atomic E-state index is 12.1. The molecule has 25 heavy (non-hydrogen) atoms.